The first kappa shape index (κ1) is 12.8. The smallest absolute Gasteiger partial charge is 0.244 e. The topological polar surface area (TPSA) is 29.1 Å². The Morgan fingerprint density at radius 2 is 2.12 bits per heavy atom. The Kier molecular flexibility index (Phi) is 4.56. The van der Waals surface area contributed by atoms with Gasteiger partial charge in [-0.3, -0.25) is 4.79 Å². The molecular formula is C13H16ClNO. The summed E-state index contributed by atoms with van der Waals surface area (Å²) in [5.74, 6) is -0.0910. The van der Waals surface area contributed by atoms with Gasteiger partial charge in [0, 0.05) is 17.1 Å². The third-order valence-corrected chi connectivity index (χ3v) is 2.46. The molecule has 1 aromatic carbocycles. The van der Waals surface area contributed by atoms with E-state index in [2.05, 4.69) is 5.32 Å². The molecule has 1 N–H and O–H groups in total. The van der Waals surface area contributed by atoms with Gasteiger partial charge >= 0.3 is 0 Å². The Hall–Kier alpha value is -1.28. The van der Waals surface area contributed by atoms with Crippen LogP contribution in [0.15, 0.2) is 24.3 Å². The average Bonchev–Trinajstić information content (AvgIpc) is 2.19. The van der Waals surface area contributed by atoms with Gasteiger partial charge in [-0.2, -0.15) is 0 Å². The summed E-state index contributed by atoms with van der Waals surface area (Å²) in [5, 5.41) is 3.49. The minimum absolute atomic E-state index is 0.0910. The highest BCUT2D eigenvalue weighted by Crippen LogP contribution is 2.17. The predicted octanol–water partition coefficient (Wildman–Crippen LogP) is 3.19. The molecule has 0 bridgehead atoms. The first-order valence-electron chi connectivity index (χ1n) is 5.24. The third kappa shape index (κ3) is 4.07. The second-order valence-electron chi connectivity index (χ2n) is 4.01. The van der Waals surface area contributed by atoms with Gasteiger partial charge in [0.15, 0.2) is 0 Å². The molecule has 16 heavy (non-hydrogen) atoms. The monoisotopic (exact) mass is 237 g/mol. The number of benzene rings is 1. The normalized spacial score (nSPS) is 11.1. The molecule has 0 aliphatic carbocycles. The Labute approximate surface area is 101 Å². The molecule has 1 rings (SSSR count). The standard InChI is InChI=1S/C13H16ClNO/c1-9(2)15-13(16)7-6-11-5-4-10(3)12(14)8-11/h4-9H,1-3H3,(H,15,16)/b7-6+. The Bertz CT molecular complexity index is 410. The van der Waals surface area contributed by atoms with Gasteiger partial charge < -0.3 is 5.32 Å². The van der Waals surface area contributed by atoms with Crippen LogP contribution in [0.3, 0.4) is 0 Å². The Balaban J connectivity index is 2.69. The number of carbonyl (C=O) groups excluding carboxylic acids is 1. The molecule has 0 heterocycles. The van der Waals surface area contributed by atoms with Crippen molar-refractivity contribution in [3.05, 3.63) is 40.4 Å². The summed E-state index contributed by atoms with van der Waals surface area (Å²) >= 11 is 5.98. The van der Waals surface area contributed by atoms with E-state index in [1.54, 1.807) is 6.08 Å². The summed E-state index contributed by atoms with van der Waals surface area (Å²) in [6, 6.07) is 5.86. The number of rotatable bonds is 3. The average molecular weight is 238 g/mol. The fourth-order valence-electron chi connectivity index (χ4n) is 1.22. The second-order valence-corrected chi connectivity index (χ2v) is 4.41. The van der Waals surface area contributed by atoms with E-state index in [9.17, 15) is 4.79 Å². The van der Waals surface area contributed by atoms with Gasteiger partial charge in [-0.25, -0.2) is 0 Å². The van der Waals surface area contributed by atoms with Gasteiger partial charge in [0.2, 0.25) is 5.91 Å². The first-order valence-corrected chi connectivity index (χ1v) is 5.61. The van der Waals surface area contributed by atoms with Crippen molar-refractivity contribution >= 4 is 23.6 Å². The first-order chi connectivity index (χ1) is 7.49. The van der Waals surface area contributed by atoms with Gasteiger partial charge in [-0.1, -0.05) is 23.7 Å². The Morgan fingerprint density at radius 1 is 1.44 bits per heavy atom. The molecule has 0 spiro atoms. The van der Waals surface area contributed by atoms with Crippen LogP contribution in [0.1, 0.15) is 25.0 Å². The molecular weight excluding hydrogens is 222 g/mol. The molecule has 1 amide bonds. The SMILES string of the molecule is Cc1ccc(/C=C/C(=O)NC(C)C)cc1Cl. The molecule has 86 valence electrons. The largest absolute Gasteiger partial charge is 0.350 e. The minimum atomic E-state index is -0.0910. The van der Waals surface area contributed by atoms with Crippen molar-refractivity contribution in [2.75, 3.05) is 0 Å². The van der Waals surface area contributed by atoms with Crippen LogP contribution in [0, 0.1) is 6.92 Å². The number of amides is 1. The number of hydrogen-bond donors (Lipinski definition) is 1. The van der Waals surface area contributed by atoms with Crippen LogP contribution in [0.25, 0.3) is 6.08 Å². The highest BCUT2D eigenvalue weighted by Gasteiger charge is 1.98. The molecule has 3 heteroatoms. The lowest BCUT2D eigenvalue weighted by Gasteiger charge is -2.04. The number of aryl methyl sites for hydroxylation is 1. The lowest BCUT2D eigenvalue weighted by molar-refractivity contribution is -0.116. The van der Waals surface area contributed by atoms with E-state index in [0.717, 1.165) is 11.1 Å². The van der Waals surface area contributed by atoms with Crippen LogP contribution in [-0.2, 0) is 4.79 Å². The minimum Gasteiger partial charge on any atom is -0.350 e. The van der Waals surface area contributed by atoms with Gasteiger partial charge in [-0.05, 0) is 44.0 Å². The highest BCUT2D eigenvalue weighted by molar-refractivity contribution is 6.31. The molecule has 0 saturated heterocycles. The Morgan fingerprint density at radius 3 is 2.69 bits per heavy atom. The van der Waals surface area contributed by atoms with Crippen molar-refractivity contribution in [1.82, 2.24) is 5.32 Å². The maximum Gasteiger partial charge on any atom is 0.244 e. The van der Waals surface area contributed by atoms with E-state index in [1.807, 2.05) is 39.0 Å². The van der Waals surface area contributed by atoms with Crippen LogP contribution in [0.5, 0.6) is 0 Å². The van der Waals surface area contributed by atoms with Crippen LogP contribution in [0.4, 0.5) is 0 Å². The molecule has 0 saturated carbocycles. The second kappa shape index (κ2) is 5.71. The summed E-state index contributed by atoms with van der Waals surface area (Å²) in [6.07, 6.45) is 3.27. The molecule has 2 nitrogen and oxygen atoms in total. The van der Waals surface area contributed by atoms with E-state index >= 15 is 0 Å². The summed E-state index contributed by atoms with van der Waals surface area (Å²) in [5.41, 5.74) is 1.96. The molecule has 1 aromatic rings. The van der Waals surface area contributed by atoms with Crippen molar-refractivity contribution in [3.63, 3.8) is 0 Å². The summed E-state index contributed by atoms with van der Waals surface area (Å²) in [4.78, 5) is 11.3. The molecule has 0 aliphatic heterocycles. The predicted molar refractivity (Wildman–Crippen MR) is 68.5 cm³/mol. The van der Waals surface area contributed by atoms with Gasteiger partial charge in [0.1, 0.15) is 0 Å². The molecule has 0 atom stereocenters. The van der Waals surface area contributed by atoms with Crippen molar-refractivity contribution in [2.24, 2.45) is 0 Å². The van der Waals surface area contributed by atoms with Crippen LogP contribution in [0.2, 0.25) is 5.02 Å². The van der Waals surface area contributed by atoms with Crippen molar-refractivity contribution in [3.8, 4) is 0 Å². The van der Waals surface area contributed by atoms with E-state index < -0.39 is 0 Å². The fraction of sp³-hybridized carbons (Fsp3) is 0.308. The number of carbonyl (C=O) groups is 1. The molecule has 0 aliphatic rings. The van der Waals surface area contributed by atoms with E-state index in [1.165, 1.54) is 6.08 Å². The third-order valence-electron chi connectivity index (χ3n) is 2.05. The maximum absolute atomic E-state index is 11.3. The summed E-state index contributed by atoms with van der Waals surface area (Å²) < 4.78 is 0. The van der Waals surface area contributed by atoms with Gasteiger partial charge in [0.05, 0.1) is 0 Å². The van der Waals surface area contributed by atoms with E-state index in [0.29, 0.717) is 5.02 Å². The zero-order chi connectivity index (χ0) is 12.1. The highest BCUT2D eigenvalue weighted by atomic mass is 35.5. The van der Waals surface area contributed by atoms with Gasteiger partial charge in [0.25, 0.3) is 0 Å². The molecule has 0 radical (unpaired) electrons. The molecule has 0 aromatic heterocycles. The zero-order valence-corrected chi connectivity index (χ0v) is 10.5. The van der Waals surface area contributed by atoms with Crippen LogP contribution < -0.4 is 5.32 Å². The fourth-order valence-corrected chi connectivity index (χ4v) is 1.41. The van der Waals surface area contributed by atoms with Gasteiger partial charge in [-0.15, -0.1) is 0 Å². The van der Waals surface area contributed by atoms with E-state index in [4.69, 9.17) is 11.6 Å². The zero-order valence-electron chi connectivity index (χ0n) is 9.75. The van der Waals surface area contributed by atoms with Crippen LogP contribution >= 0.6 is 11.6 Å². The van der Waals surface area contributed by atoms with Crippen LogP contribution in [-0.4, -0.2) is 11.9 Å². The quantitative estimate of drug-likeness (QED) is 0.804. The van der Waals surface area contributed by atoms with Crippen molar-refractivity contribution in [1.29, 1.82) is 0 Å². The summed E-state index contributed by atoms with van der Waals surface area (Å²) in [7, 11) is 0. The van der Waals surface area contributed by atoms with Crippen molar-refractivity contribution < 1.29 is 4.79 Å². The van der Waals surface area contributed by atoms with E-state index in [-0.39, 0.29) is 11.9 Å². The maximum atomic E-state index is 11.3. The lowest BCUT2D eigenvalue weighted by atomic mass is 10.1. The molecule has 0 fully saturated rings. The number of halogens is 1. The summed E-state index contributed by atoms with van der Waals surface area (Å²) in [6.45, 7) is 5.80. The molecule has 0 unspecified atom stereocenters. The lowest BCUT2D eigenvalue weighted by Crippen LogP contribution is -2.28. The number of nitrogens with one attached hydrogen (secondary N) is 1. The van der Waals surface area contributed by atoms with Crippen molar-refractivity contribution in [2.45, 2.75) is 26.8 Å². The number of hydrogen-bond acceptors (Lipinski definition) is 1.